The van der Waals surface area contributed by atoms with Gasteiger partial charge in [0.25, 0.3) is 5.91 Å². The van der Waals surface area contributed by atoms with Crippen LogP contribution in [0.4, 0.5) is 4.39 Å². The van der Waals surface area contributed by atoms with Crippen LogP contribution in [0.2, 0.25) is 0 Å². The molecule has 2 N–H and O–H groups in total. The number of aliphatic hydroxyl groups excluding tert-OH is 1. The molecule has 0 aliphatic carbocycles. The van der Waals surface area contributed by atoms with E-state index in [4.69, 9.17) is 25.1 Å². The minimum Gasteiger partial charge on any atom is -0.494 e. The minimum atomic E-state index is -1.41. The number of azide groups is 1. The number of hydrogen-bond donors (Lipinski definition) is 2. The van der Waals surface area contributed by atoms with E-state index in [9.17, 15) is 9.18 Å². The third kappa shape index (κ3) is 8.96. The SMILES string of the molecule is [N-]=[N+]=NCc1ccccc1C[C@@]1(C(=O)NCCSCc2ccc(F)cc2)N=C(c2ccc(OCCCO)cc2)O[C@@H]1c1ccc(Br)cc1. The van der Waals surface area contributed by atoms with Crippen LogP contribution in [-0.4, -0.2) is 48.0 Å². The lowest BCUT2D eigenvalue weighted by Gasteiger charge is -2.31. The van der Waals surface area contributed by atoms with Crippen LogP contribution in [0.25, 0.3) is 10.4 Å². The molecule has 1 aliphatic rings. The number of hydrogen-bond acceptors (Lipinski definition) is 7. The van der Waals surface area contributed by atoms with Crippen molar-refractivity contribution >= 4 is 39.5 Å². The van der Waals surface area contributed by atoms with Crippen molar-refractivity contribution in [2.75, 3.05) is 25.5 Å². The van der Waals surface area contributed by atoms with Gasteiger partial charge in [0.2, 0.25) is 5.90 Å². The first-order valence-electron chi connectivity index (χ1n) is 15.5. The molecule has 0 aromatic heterocycles. The Hall–Kier alpha value is -4.35. The molecule has 1 heterocycles. The van der Waals surface area contributed by atoms with Crippen LogP contribution in [0.15, 0.2) is 112 Å². The lowest BCUT2D eigenvalue weighted by Crippen LogP contribution is -2.50. The molecular weight excluding hydrogens is 697 g/mol. The van der Waals surface area contributed by atoms with Gasteiger partial charge in [0, 0.05) is 52.4 Å². The number of ether oxygens (including phenoxy) is 2. The van der Waals surface area contributed by atoms with E-state index in [1.165, 1.54) is 12.1 Å². The van der Waals surface area contributed by atoms with E-state index in [-0.39, 0.29) is 31.3 Å². The van der Waals surface area contributed by atoms with Crippen molar-refractivity contribution in [3.05, 3.63) is 146 Å². The maximum Gasteiger partial charge on any atom is 0.252 e. The summed E-state index contributed by atoms with van der Waals surface area (Å²) in [4.78, 5) is 22.6. The number of benzene rings is 4. The topological polar surface area (TPSA) is 129 Å². The van der Waals surface area contributed by atoms with Gasteiger partial charge in [-0.3, -0.25) is 4.79 Å². The molecule has 4 aromatic rings. The molecule has 48 heavy (non-hydrogen) atoms. The first-order valence-corrected chi connectivity index (χ1v) is 17.4. The number of halogens is 2. The average Bonchev–Trinajstić information content (AvgIpc) is 3.49. The summed E-state index contributed by atoms with van der Waals surface area (Å²) in [5.41, 5.74) is 11.7. The van der Waals surface area contributed by atoms with Crippen LogP contribution in [-0.2, 0) is 28.2 Å². The van der Waals surface area contributed by atoms with E-state index in [1.54, 1.807) is 36.0 Å². The molecule has 0 unspecified atom stereocenters. The van der Waals surface area contributed by atoms with Gasteiger partial charge in [-0.15, -0.1) is 0 Å². The number of nitrogens with zero attached hydrogens (tertiary/aromatic N) is 4. The number of rotatable bonds is 16. The van der Waals surface area contributed by atoms with Crippen molar-refractivity contribution in [1.29, 1.82) is 0 Å². The van der Waals surface area contributed by atoms with Crippen molar-refractivity contribution in [2.24, 2.45) is 10.1 Å². The predicted molar refractivity (Wildman–Crippen MR) is 189 cm³/mol. The van der Waals surface area contributed by atoms with Gasteiger partial charge in [0.05, 0.1) is 13.2 Å². The number of carbonyl (C=O) groups is 1. The highest BCUT2D eigenvalue weighted by atomic mass is 79.9. The van der Waals surface area contributed by atoms with Gasteiger partial charge < -0.3 is 19.9 Å². The van der Waals surface area contributed by atoms with Crippen LogP contribution in [0.1, 0.15) is 40.3 Å². The van der Waals surface area contributed by atoms with E-state index in [0.29, 0.717) is 48.3 Å². The molecule has 0 saturated carbocycles. The summed E-state index contributed by atoms with van der Waals surface area (Å²) in [7, 11) is 0. The first kappa shape index (κ1) is 35.0. The highest BCUT2D eigenvalue weighted by Crippen LogP contribution is 2.43. The summed E-state index contributed by atoms with van der Waals surface area (Å²) in [5.74, 6) is 1.70. The summed E-state index contributed by atoms with van der Waals surface area (Å²) in [6.07, 6.45) is -0.0678. The van der Waals surface area contributed by atoms with Crippen molar-refractivity contribution in [3.8, 4) is 5.75 Å². The Bertz CT molecular complexity index is 1750. The van der Waals surface area contributed by atoms with Crippen LogP contribution in [0, 0.1) is 5.82 Å². The highest BCUT2D eigenvalue weighted by molar-refractivity contribution is 9.10. The van der Waals surface area contributed by atoms with E-state index < -0.39 is 11.6 Å². The Labute approximate surface area is 291 Å². The molecule has 248 valence electrons. The smallest absolute Gasteiger partial charge is 0.252 e. The van der Waals surface area contributed by atoms with Crippen molar-refractivity contribution in [2.45, 2.75) is 36.8 Å². The molecular formula is C36H35BrFN5O4S. The van der Waals surface area contributed by atoms with Crippen LogP contribution in [0.5, 0.6) is 5.75 Å². The number of carbonyl (C=O) groups excluding carboxylic acids is 1. The van der Waals surface area contributed by atoms with Gasteiger partial charge in [-0.05, 0) is 76.3 Å². The number of amides is 1. The quantitative estimate of drug-likeness (QED) is 0.0528. The third-order valence-electron chi connectivity index (χ3n) is 7.80. The number of thioether (sulfide) groups is 1. The van der Waals surface area contributed by atoms with E-state index >= 15 is 0 Å². The molecule has 0 saturated heterocycles. The molecule has 0 bridgehead atoms. The Morgan fingerprint density at radius 1 is 1.06 bits per heavy atom. The van der Waals surface area contributed by atoms with Gasteiger partial charge in [-0.25, -0.2) is 9.38 Å². The lowest BCUT2D eigenvalue weighted by molar-refractivity contribution is -0.128. The molecule has 2 atom stereocenters. The van der Waals surface area contributed by atoms with E-state index in [2.05, 4.69) is 31.3 Å². The Balaban J connectivity index is 1.48. The molecule has 1 amide bonds. The number of aliphatic imine (C=N–C) groups is 1. The fraction of sp³-hybridized carbons (Fsp3) is 0.278. The molecule has 12 heteroatoms. The third-order valence-corrected chi connectivity index (χ3v) is 9.36. The number of aliphatic hydroxyl groups is 1. The molecule has 5 rings (SSSR count). The largest absolute Gasteiger partial charge is 0.494 e. The fourth-order valence-corrected chi connectivity index (χ4v) is 6.45. The maximum absolute atomic E-state index is 14.5. The van der Waals surface area contributed by atoms with Gasteiger partial charge in [0.15, 0.2) is 11.6 Å². The predicted octanol–water partition coefficient (Wildman–Crippen LogP) is 7.71. The average molecular weight is 733 g/mol. The van der Waals surface area contributed by atoms with Crippen LogP contribution >= 0.6 is 27.7 Å². The summed E-state index contributed by atoms with van der Waals surface area (Å²) in [5, 5.41) is 16.0. The van der Waals surface area contributed by atoms with Gasteiger partial charge >= 0.3 is 0 Å². The monoisotopic (exact) mass is 731 g/mol. The zero-order chi connectivity index (χ0) is 33.8. The Morgan fingerprint density at radius 3 is 2.50 bits per heavy atom. The van der Waals surface area contributed by atoms with Crippen molar-refractivity contribution in [3.63, 3.8) is 0 Å². The van der Waals surface area contributed by atoms with Gasteiger partial charge in [-0.1, -0.05) is 69.6 Å². The van der Waals surface area contributed by atoms with Gasteiger partial charge in [-0.2, -0.15) is 11.8 Å². The zero-order valence-electron chi connectivity index (χ0n) is 26.1. The molecule has 4 aromatic carbocycles. The molecule has 9 nitrogen and oxygen atoms in total. The minimum absolute atomic E-state index is 0.0449. The van der Waals surface area contributed by atoms with E-state index in [1.807, 2.05) is 60.7 Å². The molecule has 0 radical (unpaired) electrons. The summed E-state index contributed by atoms with van der Waals surface area (Å²) in [6, 6.07) is 28.9. The first-order chi connectivity index (χ1) is 23.4. The fourth-order valence-electron chi connectivity index (χ4n) is 5.36. The Morgan fingerprint density at radius 2 is 1.79 bits per heavy atom. The normalized spacial score (nSPS) is 16.8. The standard InChI is InChI=1S/C36H35BrFN5O4S/c37-30-12-8-26(9-13-30)33-36(22-28-4-1-2-5-29(28)23-41-43-39,35(45)40-18-21-48-24-25-6-14-31(38)15-7-25)42-34(47-33)27-10-16-32(17-11-27)46-20-3-19-44/h1-2,4-17,33,44H,3,18-24H2,(H,40,45)/t33-,36-/m1/s1. The summed E-state index contributed by atoms with van der Waals surface area (Å²) < 4.78 is 26.5. The zero-order valence-corrected chi connectivity index (χ0v) is 28.5. The molecule has 1 aliphatic heterocycles. The molecule has 0 spiro atoms. The number of nitrogens with one attached hydrogen (secondary N) is 1. The maximum atomic E-state index is 14.5. The summed E-state index contributed by atoms with van der Waals surface area (Å²) in [6.45, 7) is 0.941. The Kier molecular flexibility index (Phi) is 12.5. The second-order valence-corrected chi connectivity index (χ2v) is 13.1. The summed E-state index contributed by atoms with van der Waals surface area (Å²) >= 11 is 5.14. The molecule has 0 fully saturated rings. The van der Waals surface area contributed by atoms with Crippen molar-refractivity contribution in [1.82, 2.24) is 5.32 Å². The van der Waals surface area contributed by atoms with E-state index in [0.717, 1.165) is 26.7 Å². The van der Waals surface area contributed by atoms with Gasteiger partial charge in [0.1, 0.15) is 11.6 Å². The highest BCUT2D eigenvalue weighted by Gasteiger charge is 2.53. The van der Waals surface area contributed by atoms with Crippen LogP contribution in [0.3, 0.4) is 0 Å². The lowest BCUT2D eigenvalue weighted by atomic mass is 9.81. The van der Waals surface area contributed by atoms with Crippen molar-refractivity contribution < 1.29 is 23.8 Å². The second kappa shape index (κ2) is 17.2. The van der Waals surface area contributed by atoms with Crippen LogP contribution < -0.4 is 10.1 Å². The second-order valence-electron chi connectivity index (χ2n) is 11.1.